The summed E-state index contributed by atoms with van der Waals surface area (Å²) in [6, 6.07) is 0. The van der Waals surface area contributed by atoms with Crippen molar-refractivity contribution in [3.05, 3.63) is 23.5 Å². The molecule has 0 bridgehead atoms. The van der Waals surface area contributed by atoms with Crippen molar-refractivity contribution >= 4 is 11.9 Å². The number of rotatable bonds is 2. The quantitative estimate of drug-likeness (QED) is 0.509. The molecule has 0 aromatic carbocycles. The first kappa shape index (κ1) is 18.8. The Balaban J connectivity index is 1.56. The van der Waals surface area contributed by atoms with Crippen LogP contribution in [-0.2, 0) is 19.1 Å². The van der Waals surface area contributed by atoms with Crippen LogP contribution in [-0.4, -0.2) is 18.0 Å². The summed E-state index contributed by atoms with van der Waals surface area (Å²) in [5, 5.41) is 0. The smallest absolute Gasteiger partial charge is 0.307 e. The van der Waals surface area contributed by atoms with E-state index in [1.54, 1.807) is 0 Å². The van der Waals surface area contributed by atoms with Gasteiger partial charge in [-0.05, 0) is 67.8 Å². The molecule has 4 heteroatoms. The predicted octanol–water partition coefficient (Wildman–Crippen LogP) is 4.94. The summed E-state index contributed by atoms with van der Waals surface area (Å²) in [4.78, 5) is 22.9. The van der Waals surface area contributed by atoms with Crippen molar-refractivity contribution in [3.63, 3.8) is 0 Å². The molecule has 4 rings (SSSR count). The van der Waals surface area contributed by atoms with Gasteiger partial charge in [-0.2, -0.15) is 0 Å². The number of ether oxygens (including phenoxy) is 2. The van der Waals surface area contributed by atoms with Crippen LogP contribution >= 0.6 is 0 Å². The van der Waals surface area contributed by atoms with Crippen LogP contribution in [0.5, 0.6) is 0 Å². The minimum Gasteiger partial charge on any atom is -0.462 e. The molecule has 0 heterocycles. The van der Waals surface area contributed by atoms with Crippen LogP contribution < -0.4 is 0 Å². The third kappa shape index (κ3) is 2.96. The maximum atomic E-state index is 11.5. The number of fused-ring (bicyclic) bond motifs is 5. The third-order valence-corrected chi connectivity index (χ3v) is 8.15. The Bertz CT molecular complexity index is 720. The van der Waals surface area contributed by atoms with Gasteiger partial charge in [0.25, 0.3) is 0 Å². The maximum absolute atomic E-state index is 11.5. The first-order chi connectivity index (χ1) is 12.7. The van der Waals surface area contributed by atoms with Crippen LogP contribution in [0, 0.1) is 28.6 Å². The second-order valence-electron chi connectivity index (χ2n) is 9.59. The summed E-state index contributed by atoms with van der Waals surface area (Å²) in [6.45, 7) is 7.75. The molecular weight excluding hydrogens is 340 g/mol. The van der Waals surface area contributed by atoms with Gasteiger partial charge in [-0.25, -0.2) is 0 Å². The van der Waals surface area contributed by atoms with Gasteiger partial charge in [-0.15, -0.1) is 0 Å². The molecule has 0 aliphatic heterocycles. The first-order valence-electron chi connectivity index (χ1n) is 10.5. The van der Waals surface area contributed by atoms with E-state index in [9.17, 15) is 9.59 Å². The number of esters is 2. The summed E-state index contributed by atoms with van der Waals surface area (Å²) in [5.74, 6) is 2.43. The summed E-state index contributed by atoms with van der Waals surface area (Å²) in [6.07, 6.45) is 12.0. The minimum atomic E-state index is -0.202. The lowest BCUT2D eigenvalue weighted by Crippen LogP contribution is -2.50. The molecule has 0 amide bonds. The molecule has 0 radical (unpaired) electrons. The van der Waals surface area contributed by atoms with E-state index in [2.05, 4.69) is 26.0 Å². The van der Waals surface area contributed by atoms with E-state index in [1.807, 2.05) is 0 Å². The second kappa shape index (κ2) is 6.49. The van der Waals surface area contributed by atoms with Crippen molar-refractivity contribution in [1.82, 2.24) is 0 Å². The number of hydrogen-bond acceptors (Lipinski definition) is 4. The number of hydrogen-bond donors (Lipinski definition) is 0. The highest BCUT2D eigenvalue weighted by molar-refractivity contribution is 5.67. The molecule has 0 unspecified atom stereocenters. The Kier molecular flexibility index (Phi) is 4.51. The average molecular weight is 373 g/mol. The van der Waals surface area contributed by atoms with Gasteiger partial charge in [0, 0.05) is 25.7 Å². The lowest BCUT2D eigenvalue weighted by atomic mass is 9.48. The van der Waals surface area contributed by atoms with Crippen LogP contribution in [0.2, 0.25) is 0 Å². The monoisotopic (exact) mass is 372 g/mol. The van der Waals surface area contributed by atoms with Gasteiger partial charge < -0.3 is 9.47 Å². The van der Waals surface area contributed by atoms with Crippen LogP contribution in [0.15, 0.2) is 23.5 Å². The van der Waals surface area contributed by atoms with Crippen molar-refractivity contribution in [3.8, 4) is 0 Å². The second-order valence-corrected chi connectivity index (χ2v) is 9.59. The van der Waals surface area contributed by atoms with Crippen molar-refractivity contribution in [2.24, 2.45) is 28.6 Å². The lowest BCUT2D eigenvalue weighted by molar-refractivity contribution is -0.148. The Morgan fingerprint density at radius 1 is 0.963 bits per heavy atom. The molecule has 2 fully saturated rings. The minimum absolute atomic E-state index is 0.00346. The van der Waals surface area contributed by atoms with Crippen molar-refractivity contribution in [1.29, 1.82) is 0 Å². The molecule has 27 heavy (non-hydrogen) atoms. The fourth-order valence-corrected chi connectivity index (χ4v) is 6.80. The normalized spacial score (nSPS) is 42.8. The van der Waals surface area contributed by atoms with Gasteiger partial charge in [-0.3, -0.25) is 9.59 Å². The van der Waals surface area contributed by atoms with Crippen LogP contribution in [0.3, 0.4) is 0 Å². The third-order valence-electron chi connectivity index (χ3n) is 8.15. The fourth-order valence-electron chi connectivity index (χ4n) is 6.80. The van der Waals surface area contributed by atoms with E-state index in [0.717, 1.165) is 44.3 Å². The van der Waals surface area contributed by atoms with Gasteiger partial charge in [-0.1, -0.05) is 25.5 Å². The predicted molar refractivity (Wildman–Crippen MR) is 102 cm³/mol. The van der Waals surface area contributed by atoms with E-state index in [-0.39, 0.29) is 28.9 Å². The number of carbonyl (C=O) groups is 2. The van der Waals surface area contributed by atoms with E-state index >= 15 is 0 Å². The van der Waals surface area contributed by atoms with Gasteiger partial charge in [0.05, 0.1) is 0 Å². The molecule has 0 spiro atoms. The molecule has 4 aliphatic carbocycles. The molecule has 0 saturated heterocycles. The van der Waals surface area contributed by atoms with Gasteiger partial charge in [0.15, 0.2) is 0 Å². The molecule has 4 aliphatic rings. The molecular formula is C23H32O4. The van der Waals surface area contributed by atoms with Crippen molar-refractivity contribution < 1.29 is 19.1 Å². The lowest BCUT2D eigenvalue weighted by Gasteiger charge is -2.57. The molecule has 4 nitrogen and oxygen atoms in total. The molecule has 148 valence electrons. The standard InChI is InChI=1S/C23H32O4/c1-14(24)26-17-9-11-22(3)16(13-17)5-6-18-19-7-8-21(27-15(2)25)23(19,4)12-10-20(18)22/h5,8,17-20H,6-7,9-13H2,1-4H3/t17-,18-,19-,20-,22-,23-/m0/s1. The van der Waals surface area contributed by atoms with E-state index < -0.39 is 0 Å². The van der Waals surface area contributed by atoms with Crippen molar-refractivity contribution in [2.45, 2.75) is 78.7 Å². The highest BCUT2D eigenvalue weighted by Gasteiger charge is 2.57. The summed E-state index contributed by atoms with van der Waals surface area (Å²) in [5.41, 5.74) is 1.74. The van der Waals surface area contributed by atoms with E-state index in [1.165, 1.54) is 25.8 Å². The fraction of sp³-hybridized carbons (Fsp3) is 0.739. The van der Waals surface area contributed by atoms with Crippen LogP contribution in [0.4, 0.5) is 0 Å². The topological polar surface area (TPSA) is 52.6 Å². The largest absolute Gasteiger partial charge is 0.462 e. The SMILES string of the molecule is CC(=O)OC1=CC[C@H]2[C@@H]3CC=C4C[C@@H](OC(C)=O)CC[C@]4(C)[C@H]3CC[C@]12C. The Morgan fingerprint density at radius 3 is 2.41 bits per heavy atom. The van der Waals surface area contributed by atoms with Gasteiger partial charge >= 0.3 is 11.9 Å². The number of allylic oxidation sites excluding steroid dienone is 3. The molecule has 2 saturated carbocycles. The zero-order chi connectivity index (χ0) is 19.4. The molecule has 0 aromatic heterocycles. The summed E-state index contributed by atoms with van der Waals surface area (Å²) < 4.78 is 11.1. The van der Waals surface area contributed by atoms with Crippen LogP contribution in [0.1, 0.15) is 72.6 Å². The van der Waals surface area contributed by atoms with Crippen molar-refractivity contribution in [2.75, 3.05) is 0 Å². The maximum Gasteiger partial charge on any atom is 0.307 e. The highest BCUT2D eigenvalue weighted by atomic mass is 16.5. The highest BCUT2D eigenvalue weighted by Crippen LogP contribution is 2.65. The first-order valence-corrected chi connectivity index (χ1v) is 10.5. The number of carbonyl (C=O) groups excluding carboxylic acids is 2. The molecule has 0 aromatic rings. The Morgan fingerprint density at radius 2 is 1.70 bits per heavy atom. The summed E-state index contributed by atoms with van der Waals surface area (Å²) in [7, 11) is 0. The van der Waals surface area contributed by atoms with E-state index in [0.29, 0.717) is 17.8 Å². The molecule has 0 N–H and O–H groups in total. The Labute approximate surface area is 162 Å². The average Bonchev–Trinajstić information content (AvgIpc) is 2.91. The van der Waals surface area contributed by atoms with Gasteiger partial charge in [0.2, 0.25) is 0 Å². The van der Waals surface area contributed by atoms with E-state index in [4.69, 9.17) is 9.47 Å². The van der Waals surface area contributed by atoms with Gasteiger partial charge in [0.1, 0.15) is 11.9 Å². The zero-order valence-corrected chi connectivity index (χ0v) is 17.0. The Hall–Kier alpha value is -1.58. The summed E-state index contributed by atoms with van der Waals surface area (Å²) >= 11 is 0. The molecule has 6 atom stereocenters. The van der Waals surface area contributed by atoms with Crippen LogP contribution in [0.25, 0.3) is 0 Å². The zero-order valence-electron chi connectivity index (χ0n) is 17.0.